The maximum absolute atomic E-state index is 11.7. The van der Waals surface area contributed by atoms with E-state index in [9.17, 15) is 9.59 Å². The number of amides is 3. The number of urea groups is 1. The molecule has 1 aromatic heterocycles. The van der Waals surface area contributed by atoms with Crippen molar-refractivity contribution in [3.05, 3.63) is 24.5 Å². The second kappa shape index (κ2) is 5.99. The van der Waals surface area contributed by atoms with Gasteiger partial charge in [0.05, 0.1) is 6.04 Å². The van der Waals surface area contributed by atoms with E-state index in [-0.39, 0.29) is 18.2 Å². The van der Waals surface area contributed by atoms with Gasteiger partial charge >= 0.3 is 12.1 Å². The zero-order chi connectivity index (χ0) is 15.5. The average Bonchev–Trinajstić information content (AvgIpc) is 2.32. The van der Waals surface area contributed by atoms with E-state index in [1.807, 2.05) is 20.8 Å². The zero-order valence-corrected chi connectivity index (χ0v) is 12.4. The van der Waals surface area contributed by atoms with Crippen molar-refractivity contribution in [3.8, 4) is 0 Å². The van der Waals surface area contributed by atoms with Crippen LogP contribution < -0.4 is 10.6 Å². The van der Waals surface area contributed by atoms with E-state index < -0.39 is 5.60 Å². The van der Waals surface area contributed by atoms with Crippen LogP contribution in [-0.2, 0) is 4.74 Å². The molecule has 2 N–H and O–H groups in total. The standard InChI is InChI=1S/C14H20N4O3/c1-14(2,3)21-13(20)18-8-11(9-18)17-12(19)16-10-4-6-15-7-5-10/h4-7,11H,8-9H2,1-3H3,(H2,15,16,17,19). The predicted molar refractivity (Wildman–Crippen MR) is 78.0 cm³/mol. The van der Waals surface area contributed by atoms with E-state index in [0.29, 0.717) is 18.8 Å². The average molecular weight is 292 g/mol. The Morgan fingerprint density at radius 2 is 1.90 bits per heavy atom. The Balaban J connectivity index is 1.71. The second-order valence-corrected chi connectivity index (χ2v) is 5.92. The Labute approximate surface area is 123 Å². The zero-order valence-electron chi connectivity index (χ0n) is 12.4. The summed E-state index contributed by atoms with van der Waals surface area (Å²) in [6.45, 7) is 6.38. The highest BCUT2D eigenvalue weighted by atomic mass is 16.6. The smallest absolute Gasteiger partial charge is 0.410 e. The molecule has 7 heteroatoms. The molecule has 1 aliphatic rings. The summed E-state index contributed by atoms with van der Waals surface area (Å²) in [7, 11) is 0. The fourth-order valence-corrected chi connectivity index (χ4v) is 1.83. The van der Waals surface area contributed by atoms with Gasteiger partial charge in [0.1, 0.15) is 5.60 Å². The first kappa shape index (κ1) is 15.1. The maximum atomic E-state index is 11.7. The molecule has 114 valence electrons. The van der Waals surface area contributed by atoms with Crippen molar-refractivity contribution in [1.82, 2.24) is 15.2 Å². The molecule has 0 aromatic carbocycles. The molecule has 1 fully saturated rings. The molecule has 2 heterocycles. The molecule has 0 spiro atoms. The van der Waals surface area contributed by atoms with Crippen LogP contribution in [0.3, 0.4) is 0 Å². The summed E-state index contributed by atoms with van der Waals surface area (Å²) in [4.78, 5) is 28.9. The summed E-state index contributed by atoms with van der Waals surface area (Å²) in [6.07, 6.45) is 2.85. The molecular weight excluding hydrogens is 272 g/mol. The van der Waals surface area contributed by atoms with Crippen LogP contribution in [0.5, 0.6) is 0 Å². The van der Waals surface area contributed by atoms with Crippen LogP contribution in [0, 0.1) is 0 Å². The van der Waals surface area contributed by atoms with E-state index in [1.54, 1.807) is 29.4 Å². The number of hydrogen-bond donors (Lipinski definition) is 2. The van der Waals surface area contributed by atoms with Gasteiger partial charge in [0.2, 0.25) is 0 Å². The number of pyridine rings is 1. The van der Waals surface area contributed by atoms with Crippen molar-refractivity contribution in [2.75, 3.05) is 18.4 Å². The fraction of sp³-hybridized carbons (Fsp3) is 0.500. The highest BCUT2D eigenvalue weighted by molar-refractivity contribution is 5.89. The van der Waals surface area contributed by atoms with Gasteiger partial charge in [-0.3, -0.25) is 4.98 Å². The van der Waals surface area contributed by atoms with Gasteiger partial charge in [-0.15, -0.1) is 0 Å². The summed E-state index contributed by atoms with van der Waals surface area (Å²) in [6, 6.07) is 3.05. The Morgan fingerprint density at radius 1 is 1.29 bits per heavy atom. The van der Waals surface area contributed by atoms with E-state index in [2.05, 4.69) is 15.6 Å². The van der Waals surface area contributed by atoms with Crippen LogP contribution in [-0.4, -0.2) is 46.7 Å². The van der Waals surface area contributed by atoms with E-state index in [1.165, 1.54) is 0 Å². The molecule has 0 bridgehead atoms. The minimum absolute atomic E-state index is 0.0562. The van der Waals surface area contributed by atoms with Crippen LogP contribution in [0.2, 0.25) is 0 Å². The molecular formula is C14H20N4O3. The first-order valence-corrected chi connectivity index (χ1v) is 6.79. The molecule has 2 rings (SSSR count). The summed E-state index contributed by atoms with van der Waals surface area (Å²) in [5.41, 5.74) is 0.166. The lowest BCUT2D eigenvalue weighted by molar-refractivity contribution is 0.00649. The number of aromatic nitrogens is 1. The highest BCUT2D eigenvalue weighted by Crippen LogP contribution is 2.15. The molecule has 0 atom stereocenters. The number of nitrogens with zero attached hydrogens (tertiary/aromatic N) is 2. The van der Waals surface area contributed by atoms with E-state index in [0.717, 1.165) is 0 Å². The first-order chi connectivity index (χ1) is 9.83. The molecule has 0 aliphatic carbocycles. The fourth-order valence-electron chi connectivity index (χ4n) is 1.83. The Kier molecular flexibility index (Phi) is 4.30. The first-order valence-electron chi connectivity index (χ1n) is 6.79. The Bertz CT molecular complexity index is 507. The van der Waals surface area contributed by atoms with Gasteiger partial charge in [-0.1, -0.05) is 0 Å². The topological polar surface area (TPSA) is 83.6 Å². The lowest BCUT2D eigenvalue weighted by Crippen LogP contribution is -2.62. The summed E-state index contributed by atoms with van der Waals surface area (Å²) < 4.78 is 5.24. The number of hydrogen-bond acceptors (Lipinski definition) is 4. The van der Waals surface area contributed by atoms with Crippen LogP contribution in [0.4, 0.5) is 15.3 Å². The van der Waals surface area contributed by atoms with Gasteiger partial charge in [-0.2, -0.15) is 0 Å². The second-order valence-electron chi connectivity index (χ2n) is 5.92. The van der Waals surface area contributed by atoms with E-state index >= 15 is 0 Å². The Morgan fingerprint density at radius 3 is 2.48 bits per heavy atom. The minimum atomic E-state index is -0.506. The van der Waals surface area contributed by atoms with Gasteiger partial charge in [-0.05, 0) is 32.9 Å². The van der Waals surface area contributed by atoms with E-state index in [4.69, 9.17) is 4.74 Å². The van der Waals surface area contributed by atoms with Crippen molar-refractivity contribution in [2.24, 2.45) is 0 Å². The van der Waals surface area contributed by atoms with Crippen LogP contribution in [0.15, 0.2) is 24.5 Å². The number of rotatable bonds is 2. The van der Waals surface area contributed by atoms with Gasteiger partial charge in [0.15, 0.2) is 0 Å². The lowest BCUT2D eigenvalue weighted by atomic mass is 10.1. The molecule has 1 aromatic rings. The van der Waals surface area contributed by atoms with Crippen molar-refractivity contribution in [2.45, 2.75) is 32.4 Å². The highest BCUT2D eigenvalue weighted by Gasteiger charge is 2.34. The van der Waals surface area contributed by atoms with Crippen molar-refractivity contribution in [3.63, 3.8) is 0 Å². The number of likely N-dealkylation sites (tertiary alicyclic amines) is 1. The number of ether oxygens (including phenoxy) is 1. The molecule has 7 nitrogen and oxygen atoms in total. The normalized spacial score (nSPS) is 15.1. The van der Waals surface area contributed by atoms with Crippen LogP contribution in [0.25, 0.3) is 0 Å². The monoisotopic (exact) mass is 292 g/mol. The summed E-state index contributed by atoms with van der Waals surface area (Å²) >= 11 is 0. The lowest BCUT2D eigenvalue weighted by Gasteiger charge is -2.39. The number of carbonyl (C=O) groups is 2. The molecule has 21 heavy (non-hydrogen) atoms. The molecule has 0 saturated carbocycles. The molecule has 1 saturated heterocycles. The molecule has 0 radical (unpaired) electrons. The van der Waals surface area contributed by atoms with Crippen LogP contribution >= 0.6 is 0 Å². The van der Waals surface area contributed by atoms with Gasteiger partial charge in [0.25, 0.3) is 0 Å². The van der Waals surface area contributed by atoms with Crippen molar-refractivity contribution < 1.29 is 14.3 Å². The molecule has 0 unspecified atom stereocenters. The largest absolute Gasteiger partial charge is 0.444 e. The van der Waals surface area contributed by atoms with Gasteiger partial charge in [-0.25, -0.2) is 9.59 Å². The number of nitrogens with one attached hydrogen (secondary N) is 2. The third kappa shape index (κ3) is 4.62. The van der Waals surface area contributed by atoms with Gasteiger partial charge in [0, 0.05) is 31.2 Å². The van der Waals surface area contributed by atoms with Crippen molar-refractivity contribution in [1.29, 1.82) is 0 Å². The number of carbonyl (C=O) groups excluding carboxylic acids is 2. The summed E-state index contributed by atoms with van der Waals surface area (Å²) in [5, 5.41) is 5.49. The minimum Gasteiger partial charge on any atom is -0.444 e. The Hall–Kier alpha value is -2.31. The predicted octanol–water partition coefficient (Wildman–Crippen LogP) is 1.82. The molecule has 1 aliphatic heterocycles. The number of anilines is 1. The molecule has 3 amide bonds. The quantitative estimate of drug-likeness (QED) is 0.871. The SMILES string of the molecule is CC(C)(C)OC(=O)N1CC(NC(=O)Nc2ccncc2)C1. The van der Waals surface area contributed by atoms with Gasteiger partial charge < -0.3 is 20.3 Å². The third-order valence-corrected chi connectivity index (χ3v) is 2.81. The van der Waals surface area contributed by atoms with Crippen LogP contribution in [0.1, 0.15) is 20.8 Å². The third-order valence-electron chi connectivity index (χ3n) is 2.81. The summed E-state index contributed by atoms with van der Waals surface area (Å²) in [5.74, 6) is 0. The maximum Gasteiger partial charge on any atom is 0.410 e. The van der Waals surface area contributed by atoms with Crippen molar-refractivity contribution >= 4 is 17.8 Å².